The molecule has 3 aromatic rings. The SMILES string of the molecule is CN(C)CCN(C(=O)c1cccc(F)c1)c1nc2ccc(OC(F)(F)F)cc2s1. The smallest absolute Gasteiger partial charge is 0.406 e. The van der Waals surface area contributed by atoms with Crippen LogP contribution in [-0.2, 0) is 0 Å². The topological polar surface area (TPSA) is 45.7 Å². The van der Waals surface area contributed by atoms with Crippen LogP contribution in [0.5, 0.6) is 5.75 Å². The van der Waals surface area contributed by atoms with E-state index in [0.717, 1.165) is 23.5 Å². The van der Waals surface area contributed by atoms with Crippen molar-refractivity contribution >= 4 is 32.6 Å². The van der Waals surface area contributed by atoms with Gasteiger partial charge in [-0.2, -0.15) is 0 Å². The lowest BCUT2D eigenvalue weighted by Crippen LogP contribution is -2.36. The van der Waals surface area contributed by atoms with Gasteiger partial charge in [-0.25, -0.2) is 9.37 Å². The summed E-state index contributed by atoms with van der Waals surface area (Å²) in [5.41, 5.74) is 0.588. The molecule has 0 saturated carbocycles. The highest BCUT2D eigenvalue weighted by Crippen LogP contribution is 2.33. The minimum absolute atomic E-state index is 0.157. The van der Waals surface area contributed by atoms with E-state index in [0.29, 0.717) is 21.9 Å². The molecule has 29 heavy (non-hydrogen) atoms. The van der Waals surface area contributed by atoms with Crippen molar-refractivity contribution in [2.45, 2.75) is 6.36 Å². The number of hydrogen-bond donors (Lipinski definition) is 0. The molecule has 0 unspecified atom stereocenters. The number of rotatable bonds is 6. The fourth-order valence-corrected chi connectivity index (χ4v) is 3.59. The van der Waals surface area contributed by atoms with Crippen LogP contribution in [0.1, 0.15) is 10.4 Å². The number of hydrogen-bond acceptors (Lipinski definition) is 5. The van der Waals surface area contributed by atoms with Crippen molar-refractivity contribution in [2.75, 3.05) is 32.1 Å². The Bertz CT molecular complexity index is 1020. The first-order valence-electron chi connectivity index (χ1n) is 8.51. The third kappa shape index (κ3) is 5.42. The summed E-state index contributed by atoms with van der Waals surface area (Å²) in [7, 11) is 3.67. The number of aromatic nitrogens is 1. The van der Waals surface area contributed by atoms with Gasteiger partial charge in [0.1, 0.15) is 11.6 Å². The van der Waals surface area contributed by atoms with Crippen LogP contribution in [0.15, 0.2) is 42.5 Å². The molecule has 5 nitrogen and oxygen atoms in total. The van der Waals surface area contributed by atoms with Gasteiger partial charge in [-0.3, -0.25) is 9.69 Å². The number of ether oxygens (including phenoxy) is 1. The van der Waals surface area contributed by atoms with Gasteiger partial charge in [-0.15, -0.1) is 13.2 Å². The molecule has 1 heterocycles. The molecule has 0 atom stereocenters. The molecule has 0 saturated heterocycles. The maximum atomic E-state index is 13.6. The highest BCUT2D eigenvalue weighted by molar-refractivity contribution is 7.22. The number of likely N-dealkylation sites (N-methyl/N-ethyl adjacent to an activating group) is 1. The number of benzene rings is 2. The molecule has 0 fully saturated rings. The third-order valence-corrected chi connectivity index (χ3v) is 4.94. The number of carbonyl (C=O) groups excluding carboxylic acids is 1. The minimum atomic E-state index is -4.80. The number of amides is 1. The zero-order valence-corrected chi connectivity index (χ0v) is 16.4. The van der Waals surface area contributed by atoms with Crippen molar-refractivity contribution in [1.82, 2.24) is 9.88 Å². The predicted octanol–water partition coefficient (Wildman–Crippen LogP) is 4.54. The zero-order chi connectivity index (χ0) is 21.2. The molecule has 0 spiro atoms. The number of carbonyl (C=O) groups is 1. The zero-order valence-electron chi connectivity index (χ0n) is 15.5. The molecule has 0 aliphatic rings. The van der Waals surface area contributed by atoms with Crippen LogP contribution < -0.4 is 9.64 Å². The van der Waals surface area contributed by atoms with Gasteiger partial charge in [-0.05, 0) is 44.4 Å². The van der Waals surface area contributed by atoms with Crippen molar-refractivity contribution in [3.05, 3.63) is 53.8 Å². The molecule has 1 aromatic heterocycles. The first-order chi connectivity index (χ1) is 13.6. The lowest BCUT2D eigenvalue weighted by Gasteiger charge is -2.22. The van der Waals surface area contributed by atoms with Gasteiger partial charge >= 0.3 is 6.36 Å². The Morgan fingerprint density at radius 2 is 1.90 bits per heavy atom. The van der Waals surface area contributed by atoms with E-state index >= 15 is 0 Å². The van der Waals surface area contributed by atoms with E-state index < -0.39 is 18.1 Å². The summed E-state index contributed by atoms with van der Waals surface area (Å²) in [6.45, 7) is 0.785. The highest BCUT2D eigenvalue weighted by atomic mass is 32.1. The Labute approximate surface area is 168 Å². The third-order valence-electron chi connectivity index (χ3n) is 3.90. The monoisotopic (exact) mass is 427 g/mol. The van der Waals surface area contributed by atoms with Gasteiger partial charge in [0.2, 0.25) is 0 Å². The summed E-state index contributed by atoms with van der Waals surface area (Å²) < 4.78 is 55.3. The lowest BCUT2D eigenvalue weighted by atomic mass is 10.2. The largest absolute Gasteiger partial charge is 0.573 e. The number of halogens is 4. The molecule has 0 radical (unpaired) electrons. The lowest BCUT2D eigenvalue weighted by molar-refractivity contribution is -0.274. The van der Waals surface area contributed by atoms with E-state index in [-0.39, 0.29) is 17.9 Å². The van der Waals surface area contributed by atoms with Crippen molar-refractivity contribution in [2.24, 2.45) is 0 Å². The predicted molar refractivity (Wildman–Crippen MR) is 103 cm³/mol. The van der Waals surface area contributed by atoms with Crippen molar-refractivity contribution in [3.8, 4) is 5.75 Å². The maximum absolute atomic E-state index is 13.6. The van der Waals surface area contributed by atoms with Gasteiger partial charge in [-0.1, -0.05) is 17.4 Å². The van der Waals surface area contributed by atoms with Crippen LogP contribution in [-0.4, -0.2) is 49.3 Å². The van der Waals surface area contributed by atoms with Crippen molar-refractivity contribution < 1.29 is 27.1 Å². The number of anilines is 1. The van der Waals surface area contributed by atoms with E-state index in [1.54, 1.807) is 0 Å². The van der Waals surface area contributed by atoms with Crippen LogP contribution in [0.3, 0.4) is 0 Å². The molecule has 3 rings (SSSR count). The molecule has 0 aliphatic carbocycles. The van der Waals surface area contributed by atoms with Gasteiger partial charge in [0, 0.05) is 24.7 Å². The van der Waals surface area contributed by atoms with Gasteiger partial charge in [0.25, 0.3) is 5.91 Å². The number of nitrogens with zero attached hydrogens (tertiary/aromatic N) is 3. The molecule has 154 valence electrons. The van der Waals surface area contributed by atoms with E-state index in [1.165, 1.54) is 35.2 Å². The van der Waals surface area contributed by atoms with E-state index in [1.807, 2.05) is 19.0 Å². The average Bonchev–Trinajstić information content (AvgIpc) is 3.03. The summed E-state index contributed by atoms with van der Waals surface area (Å²) in [5.74, 6) is -1.35. The van der Waals surface area contributed by atoms with Crippen LogP contribution in [0, 0.1) is 5.82 Å². The molecular formula is C19H17F4N3O2S. The molecule has 10 heteroatoms. The number of fused-ring (bicyclic) bond motifs is 1. The Balaban J connectivity index is 1.96. The fraction of sp³-hybridized carbons (Fsp3) is 0.263. The van der Waals surface area contributed by atoms with Crippen molar-refractivity contribution in [1.29, 1.82) is 0 Å². The minimum Gasteiger partial charge on any atom is -0.406 e. The summed E-state index contributed by atoms with van der Waals surface area (Å²) in [4.78, 5) is 20.6. The Morgan fingerprint density at radius 3 is 2.55 bits per heavy atom. The van der Waals surface area contributed by atoms with E-state index in [2.05, 4.69) is 9.72 Å². The van der Waals surface area contributed by atoms with Crippen LogP contribution >= 0.6 is 11.3 Å². The van der Waals surface area contributed by atoms with Crippen LogP contribution in [0.4, 0.5) is 22.7 Å². The maximum Gasteiger partial charge on any atom is 0.573 e. The standard InChI is InChI=1S/C19H17F4N3O2S/c1-25(2)8-9-26(17(27)12-4-3-5-13(20)10-12)18-24-15-7-6-14(11-16(15)29-18)28-19(21,22)23/h3-7,10-11H,8-9H2,1-2H3. The molecule has 0 N–H and O–H groups in total. The normalized spacial score (nSPS) is 11.8. The van der Waals surface area contributed by atoms with Crippen molar-refractivity contribution in [3.63, 3.8) is 0 Å². The average molecular weight is 427 g/mol. The molecular weight excluding hydrogens is 410 g/mol. The Morgan fingerprint density at radius 1 is 1.14 bits per heavy atom. The van der Waals surface area contributed by atoms with Gasteiger partial charge < -0.3 is 9.64 Å². The quantitative estimate of drug-likeness (QED) is 0.542. The molecule has 0 bridgehead atoms. The van der Waals surface area contributed by atoms with Gasteiger partial charge in [0.05, 0.1) is 10.2 Å². The summed E-state index contributed by atoms with van der Waals surface area (Å²) in [6.07, 6.45) is -4.80. The Hall–Kier alpha value is -2.72. The second kappa shape index (κ2) is 8.34. The summed E-state index contributed by atoms with van der Waals surface area (Å²) in [6, 6.07) is 9.09. The van der Waals surface area contributed by atoms with E-state index in [9.17, 15) is 22.4 Å². The van der Waals surface area contributed by atoms with Crippen LogP contribution in [0.2, 0.25) is 0 Å². The highest BCUT2D eigenvalue weighted by Gasteiger charge is 2.31. The second-order valence-electron chi connectivity index (χ2n) is 6.44. The Kier molecular flexibility index (Phi) is 6.04. The molecule has 2 aromatic carbocycles. The molecule has 1 amide bonds. The second-order valence-corrected chi connectivity index (χ2v) is 7.45. The number of thiazole rings is 1. The summed E-state index contributed by atoms with van der Waals surface area (Å²) in [5, 5.41) is 0.306. The first-order valence-corrected chi connectivity index (χ1v) is 9.32. The molecule has 0 aliphatic heterocycles. The van der Waals surface area contributed by atoms with Crippen LogP contribution in [0.25, 0.3) is 10.2 Å². The van der Waals surface area contributed by atoms with E-state index in [4.69, 9.17) is 0 Å². The fourth-order valence-electron chi connectivity index (χ4n) is 2.57. The number of alkyl halides is 3. The summed E-state index contributed by atoms with van der Waals surface area (Å²) >= 11 is 1.06. The van der Waals surface area contributed by atoms with Gasteiger partial charge in [0.15, 0.2) is 5.13 Å². The first kappa shape index (κ1) is 21.0.